The van der Waals surface area contributed by atoms with Crippen LogP contribution >= 0.6 is 0 Å². The average Bonchev–Trinajstić information content (AvgIpc) is 4.04. The summed E-state index contributed by atoms with van der Waals surface area (Å²) in [7, 11) is 0. The third-order valence-electron chi connectivity index (χ3n) is 13.1. The number of benzene rings is 4. The number of ether oxygens (including phenoxy) is 3. The highest BCUT2D eigenvalue weighted by molar-refractivity contribution is 5.91. The van der Waals surface area contributed by atoms with Gasteiger partial charge >= 0.3 is 5.97 Å². The van der Waals surface area contributed by atoms with Crippen LogP contribution in [-0.4, -0.2) is 163 Å². The Balaban J connectivity index is 0.000000216. The highest BCUT2D eigenvalue weighted by Gasteiger charge is 2.48. The summed E-state index contributed by atoms with van der Waals surface area (Å²) in [6.45, 7) is -0.0414. The molecule has 2 fully saturated rings. The molecule has 2 aliphatic rings. The standard InChI is InChI=1S/C26H33N5O6.C26H32N4O7/c27-12-19-21(32)22(33)23(34)24(37-19)20(28)26(36)31-18(25(35)29-13-14-6-2-1-3-7-14)11-16-10-15-8-4-5-9-17(15)30-16;27-12-19-21(31)22(32)23(33)24(37-19)20(28)25(34)30-18(26(35)36-13-14-6-2-1-3-7-14)11-16-10-15-8-4-5-9-17(15)29-16/h1-10,18-24,30,32-34H,11-13,27-28H2,(H,29,35)(H,31,36);1-10,18-24,29,31-33H,11-13,27-28H2,(H,30,34)/t2*18-,19?,20?,21+,22-,23?,24-/m00/s1. The molecule has 2 saturated heterocycles. The topological polar surface area (TPSA) is 389 Å². The summed E-state index contributed by atoms with van der Waals surface area (Å²) in [5.74, 6) is -2.67. The summed E-state index contributed by atoms with van der Waals surface area (Å²) in [6, 6.07) is 32.4. The molecule has 0 bridgehead atoms. The van der Waals surface area contributed by atoms with Gasteiger partial charge in [0.05, 0.1) is 12.2 Å². The molecule has 396 valence electrons. The lowest BCUT2D eigenvalue weighted by atomic mass is 9.91. The second kappa shape index (κ2) is 25.5. The number of rotatable bonds is 18. The van der Waals surface area contributed by atoms with Crippen LogP contribution in [0.4, 0.5) is 0 Å². The zero-order valence-electron chi connectivity index (χ0n) is 40.2. The highest BCUT2D eigenvalue weighted by Crippen LogP contribution is 2.25. The lowest BCUT2D eigenvalue weighted by Crippen LogP contribution is -2.66. The van der Waals surface area contributed by atoms with Gasteiger partial charge in [0.1, 0.15) is 79.6 Å². The molecule has 6 aromatic rings. The molecule has 0 radical (unpaired) electrons. The number of nitrogens with one attached hydrogen (secondary N) is 5. The lowest BCUT2D eigenvalue weighted by Gasteiger charge is -2.42. The number of aromatic amines is 2. The molecule has 22 nitrogen and oxygen atoms in total. The Morgan fingerprint density at radius 3 is 1.42 bits per heavy atom. The molecule has 4 aromatic carbocycles. The fourth-order valence-electron chi connectivity index (χ4n) is 8.84. The van der Waals surface area contributed by atoms with Gasteiger partial charge in [-0.05, 0) is 46.2 Å². The zero-order valence-corrected chi connectivity index (χ0v) is 40.2. The van der Waals surface area contributed by atoms with E-state index in [4.69, 9.17) is 37.1 Å². The number of hydrogen-bond acceptors (Lipinski definition) is 17. The largest absolute Gasteiger partial charge is 0.459 e. The number of carbonyl (C=O) groups is 4. The Bertz CT molecular complexity index is 2530. The number of aliphatic hydroxyl groups is 6. The Labute approximate surface area is 425 Å². The second-order valence-corrected chi connectivity index (χ2v) is 18.3. The van der Waals surface area contributed by atoms with E-state index in [1.165, 1.54) is 0 Å². The number of esters is 1. The van der Waals surface area contributed by atoms with Crippen molar-refractivity contribution in [2.45, 2.75) is 111 Å². The number of carbonyl (C=O) groups excluding carboxylic acids is 4. The summed E-state index contributed by atoms with van der Waals surface area (Å²) in [6.07, 6.45) is -13.8. The van der Waals surface area contributed by atoms with Crippen LogP contribution in [0.15, 0.2) is 121 Å². The minimum atomic E-state index is -1.64. The van der Waals surface area contributed by atoms with Gasteiger partial charge in [0.15, 0.2) is 0 Å². The Kier molecular flexibility index (Phi) is 19.0. The van der Waals surface area contributed by atoms with Crippen LogP contribution in [0, 0.1) is 0 Å². The molecular formula is C52H65N9O13. The quantitative estimate of drug-likeness (QED) is 0.0403. The second-order valence-electron chi connectivity index (χ2n) is 18.3. The van der Waals surface area contributed by atoms with Crippen molar-refractivity contribution in [1.82, 2.24) is 25.9 Å². The maximum atomic E-state index is 13.2. The molecule has 14 atom stereocenters. The summed E-state index contributed by atoms with van der Waals surface area (Å²) in [5, 5.41) is 71.1. The van der Waals surface area contributed by atoms with E-state index in [0.29, 0.717) is 5.69 Å². The normalized spacial score (nSPS) is 25.4. The maximum absolute atomic E-state index is 13.2. The predicted molar refractivity (Wildman–Crippen MR) is 270 cm³/mol. The van der Waals surface area contributed by atoms with E-state index < -0.39 is 109 Å². The SMILES string of the molecule is NCC1O[C@@H](C(N)C(=O)N[C@@H](Cc2cc3ccccc3[nH]2)C(=O)NCc2ccccc2)C(O)[C@@H](O)[C@@H]1O.NCC1O[C@@H](C(N)C(=O)N[C@@H](Cc2cc3ccccc3[nH]2)C(=O)OCc2ccccc2)C(O)[C@@H](O)[C@@H]1O. The van der Waals surface area contributed by atoms with Gasteiger partial charge in [-0.2, -0.15) is 0 Å². The molecule has 19 N–H and O–H groups in total. The average molecular weight is 1020 g/mol. The first-order chi connectivity index (χ1) is 35.6. The van der Waals surface area contributed by atoms with Crippen LogP contribution < -0.4 is 38.9 Å². The van der Waals surface area contributed by atoms with Crippen molar-refractivity contribution >= 4 is 45.5 Å². The molecule has 74 heavy (non-hydrogen) atoms. The number of para-hydroxylation sites is 2. The van der Waals surface area contributed by atoms with E-state index in [-0.39, 0.29) is 39.1 Å². The summed E-state index contributed by atoms with van der Waals surface area (Å²) >= 11 is 0. The van der Waals surface area contributed by atoms with E-state index in [1.807, 2.05) is 121 Å². The minimum absolute atomic E-state index is 0.0114. The number of amides is 3. The monoisotopic (exact) mass is 1020 g/mol. The molecule has 0 saturated carbocycles. The van der Waals surface area contributed by atoms with Crippen LogP contribution in [0.2, 0.25) is 0 Å². The third-order valence-corrected chi connectivity index (χ3v) is 13.1. The molecule has 0 aliphatic carbocycles. The van der Waals surface area contributed by atoms with E-state index >= 15 is 0 Å². The molecular weight excluding hydrogens is 959 g/mol. The van der Waals surface area contributed by atoms with Crippen molar-refractivity contribution in [3.63, 3.8) is 0 Å². The number of aliphatic hydroxyl groups excluding tert-OH is 6. The number of fused-ring (bicyclic) bond motifs is 2. The first-order valence-electron chi connectivity index (χ1n) is 24.1. The van der Waals surface area contributed by atoms with Gasteiger partial charge in [0.2, 0.25) is 17.7 Å². The summed E-state index contributed by atoms with van der Waals surface area (Å²) < 4.78 is 16.5. The van der Waals surface area contributed by atoms with Gasteiger partial charge in [0, 0.05) is 54.9 Å². The van der Waals surface area contributed by atoms with Crippen LogP contribution in [0.25, 0.3) is 21.8 Å². The summed E-state index contributed by atoms with van der Waals surface area (Å²) in [4.78, 5) is 58.9. The Morgan fingerprint density at radius 1 is 0.541 bits per heavy atom. The van der Waals surface area contributed by atoms with Gasteiger partial charge < -0.3 is 93.7 Å². The van der Waals surface area contributed by atoms with Crippen molar-refractivity contribution in [3.8, 4) is 0 Å². The number of H-pyrrole nitrogens is 2. The highest BCUT2D eigenvalue weighted by atomic mass is 16.5. The molecule has 2 aromatic heterocycles. The number of hydrogen-bond donors (Lipinski definition) is 15. The molecule has 6 unspecified atom stereocenters. The minimum Gasteiger partial charge on any atom is -0.459 e. The molecule has 8 rings (SSSR count). The van der Waals surface area contributed by atoms with Crippen LogP contribution in [0.3, 0.4) is 0 Å². The molecule has 22 heteroatoms. The third kappa shape index (κ3) is 13.5. The van der Waals surface area contributed by atoms with E-state index in [1.54, 1.807) is 0 Å². The van der Waals surface area contributed by atoms with E-state index in [9.17, 15) is 49.8 Å². The van der Waals surface area contributed by atoms with E-state index in [2.05, 4.69) is 25.9 Å². The van der Waals surface area contributed by atoms with Gasteiger partial charge in [0.25, 0.3) is 0 Å². The number of nitrogens with two attached hydrogens (primary N) is 4. The molecule has 0 spiro atoms. The van der Waals surface area contributed by atoms with Gasteiger partial charge in [-0.15, -0.1) is 0 Å². The lowest BCUT2D eigenvalue weighted by molar-refractivity contribution is -0.223. The van der Waals surface area contributed by atoms with Gasteiger partial charge in [-0.3, -0.25) is 14.4 Å². The smallest absolute Gasteiger partial charge is 0.329 e. The zero-order chi connectivity index (χ0) is 53.1. The van der Waals surface area contributed by atoms with Crippen molar-refractivity contribution in [1.29, 1.82) is 0 Å². The van der Waals surface area contributed by atoms with Crippen LogP contribution in [0.1, 0.15) is 22.5 Å². The Morgan fingerprint density at radius 2 is 0.959 bits per heavy atom. The van der Waals surface area contributed by atoms with Crippen molar-refractivity contribution in [2.24, 2.45) is 22.9 Å². The fourth-order valence-corrected chi connectivity index (χ4v) is 8.84. The van der Waals surface area contributed by atoms with Crippen molar-refractivity contribution in [2.75, 3.05) is 13.1 Å². The van der Waals surface area contributed by atoms with Gasteiger partial charge in [-0.1, -0.05) is 97.1 Å². The van der Waals surface area contributed by atoms with Crippen LogP contribution in [-0.2, 0) is 59.4 Å². The van der Waals surface area contributed by atoms with Crippen molar-refractivity contribution in [3.05, 3.63) is 144 Å². The predicted octanol–water partition coefficient (Wildman–Crippen LogP) is -2.28. The first-order valence-corrected chi connectivity index (χ1v) is 24.1. The number of aromatic nitrogens is 2. The maximum Gasteiger partial charge on any atom is 0.329 e. The fraction of sp³-hybridized carbons (Fsp3) is 0.385. The molecule has 2 aliphatic heterocycles. The summed E-state index contributed by atoms with van der Waals surface area (Å²) in [5.41, 5.74) is 28.2. The first kappa shape index (κ1) is 55.1. The van der Waals surface area contributed by atoms with Gasteiger partial charge in [-0.25, -0.2) is 4.79 Å². The van der Waals surface area contributed by atoms with E-state index in [0.717, 1.165) is 38.6 Å². The van der Waals surface area contributed by atoms with Crippen molar-refractivity contribution < 1.29 is 64.0 Å². The van der Waals surface area contributed by atoms with Crippen LogP contribution in [0.5, 0.6) is 0 Å². The molecule has 4 heterocycles. The molecule has 3 amide bonds. The Hall–Kier alpha value is -6.64.